The van der Waals surface area contributed by atoms with Gasteiger partial charge in [0.15, 0.2) is 0 Å². The van der Waals surface area contributed by atoms with Crippen LogP contribution in [0.3, 0.4) is 0 Å². The highest BCUT2D eigenvalue weighted by molar-refractivity contribution is 5.76. The highest BCUT2D eigenvalue weighted by atomic mass is 19.1. The van der Waals surface area contributed by atoms with E-state index in [0.717, 1.165) is 6.07 Å². The van der Waals surface area contributed by atoms with Gasteiger partial charge in [-0.25, -0.2) is 4.39 Å². The van der Waals surface area contributed by atoms with Gasteiger partial charge in [0.05, 0.1) is 0 Å². The van der Waals surface area contributed by atoms with Crippen LogP contribution in [0.15, 0.2) is 42.5 Å². The van der Waals surface area contributed by atoms with Gasteiger partial charge >= 0.3 is 0 Å². The molecule has 2 aromatic rings. The Bertz CT molecular complexity index is 497. The van der Waals surface area contributed by atoms with E-state index in [4.69, 9.17) is 10.8 Å². The quantitative estimate of drug-likeness (QED) is 0.700. The molecule has 2 aromatic carbocycles. The van der Waals surface area contributed by atoms with Gasteiger partial charge in [0.25, 0.3) is 0 Å². The number of rotatable bonds is 1. The van der Waals surface area contributed by atoms with Crippen LogP contribution < -0.4 is 5.73 Å². The van der Waals surface area contributed by atoms with Crippen LogP contribution in [0.2, 0.25) is 0 Å². The van der Waals surface area contributed by atoms with Crippen molar-refractivity contribution in [3.63, 3.8) is 0 Å². The van der Waals surface area contributed by atoms with E-state index in [1.54, 1.807) is 24.3 Å². The zero-order chi connectivity index (χ0) is 10.8. The van der Waals surface area contributed by atoms with Crippen molar-refractivity contribution in [3.05, 3.63) is 48.3 Å². The SMILES string of the molecule is Nc1ccccc1-c1ccc(O)cc1F. The van der Waals surface area contributed by atoms with E-state index in [-0.39, 0.29) is 5.75 Å². The standard InChI is InChI=1S/C12H10FNO/c13-11-7-8(15)5-6-9(11)10-3-1-2-4-12(10)14/h1-7,15H,14H2. The predicted molar refractivity (Wildman–Crippen MR) is 57.9 cm³/mol. The summed E-state index contributed by atoms with van der Waals surface area (Å²) in [4.78, 5) is 0. The zero-order valence-corrected chi connectivity index (χ0v) is 7.94. The molecule has 0 atom stereocenters. The molecule has 0 saturated carbocycles. The Morgan fingerprint density at radius 3 is 2.40 bits per heavy atom. The third kappa shape index (κ3) is 1.76. The lowest BCUT2D eigenvalue weighted by Crippen LogP contribution is -1.91. The summed E-state index contributed by atoms with van der Waals surface area (Å²) >= 11 is 0. The van der Waals surface area contributed by atoms with E-state index in [1.165, 1.54) is 12.1 Å². The third-order valence-corrected chi connectivity index (χ3v) is 2.20. The van der Waals surface area contributed by atoms with Crippen LogP contribution in [0.4, 0.5) is 10.1 Å². The lowest BCUT2D eigenvalue weighted by molar-refractivity contribution is 0.469. The predicted octanol–water partition coefficient (Wildman–Crippen LogP) is 2.78. The fourth-order valence-corrected chi connectivity index (χ4v) is 1.46. The first-order chi connectivity index (χ1) is 7.18. The van der Waals surface area contributed by atoms with Crippen LogP contribution in [0.1, 0.15) is 0 Å². The number of hydrogen-bond acceptors (Lipinski definition) is 2. The molecule has 0 spiro atoms. The van der Waals surface area contributed by atoms with Gasteiger partial charge in [-0.15, -0.1) is 0 Å². The number of halogens is 1. The number of aromatic hydroxyl groups is 1. The van der Waals surface area contributed by atoms with Gasteiger partial charge in [0.1, 0.15) is 11.6 Å². The molecule has 0 unspecified atom stereocenters. The lowest BCUT2D eigenvalue weighted by Gasteiger charge is -2.06. The molecule has 0 aliphatic carbocycles. The smallest absolute Gasteiger partial charge is 0.134 e. The van der Waals surface area contributed by atoms with E-state index in [9.17, 15) is 4.39 Å². The molecule has 3 N–H and O–H groups in total. The highest BCUT2D eigenvalue weighted by Crippen LogP contribution is 2.29. The molecule has 3 heteroatoms. The second-order valence-corrected chi connectivity index (χ2v) is 3.25. The number of para-hydroxylation sites is 1. The minimum absolute atomic E-state index is 0.0919. The van der Waals surface area contributed by atoms with E-state index in [1.807, 2.05) is 0 Å². The molecule has 0 fully saturated rings. The van der Waals surface area contributed by atoms with Crippen molar-refractivity contribution < 1.29 is 9.50 Å². The molecule has 15 heavy (non-hydrogen) atoms. The Morgan fingerprint density at radius 1 is 1.00 bits per heavy atom. The number of anilines is 1. The topological polar surface area (TPSA) is 46.2 Å². The van der Waals surface area contributed by atoms with Crippen molar-refractivity contribution in [1.82, 2.24) is 0 Å². The molecule has 2 nitrogen and oxygen atoms in total. The van der Waals surface area contributed by atoms with Crippen LogP contribution in [-0.4, -0.2) is 5.11 Å². The van der Waals surface area contributed by atoms with Gasteiger partial charge < -0.3 is 10.8 Å². The summed E-state index contributed by atoms with van der Waals surface area (Å²) in [6.07, 6.45) is 0. The molecule has 0 aliphatic rings. The molecular formula is C12H10FNO. The summed E-state index contributed by atoms with van der Waals surface area (Å²) < 4.78 is 13.5. The van der Waals surface area contributed by atoms with Gasteiger partial charge in [-0.2, -0.15) is 0 Å². The number of nitrogens with two attached hydrogens (primary N) is 1. The minimum Gasteiger partial charge on any atom is -0.508 e. The molecule has 0 aliphatic heterocycles. The maximum absolute atomic E-state index is 13.5. The molecule has 0 radical (unpaired) electrons. The van der Waals surface area contributed by atoms with Crippen LogP contribution >= 0.6 is 0 Å². The van der Waals surface area contributed by atoms with E-state index < -0.39 is 5.82 Å². The van der Waals surface area contributed by atoms with E-state index in [0.29, 0.717) is 16.8 Å². The Hall–Kier alpha value is -2.03. The summed E-state index contributed by atoms with van der Waals surface area (Å²) in [5.74, 6) is -0.571. The Labute approximate surface area is 86.8 Å². The van der Waals surface area contributed by atoms with Gasteiger partial charge in [-0.05, 0) is 18.2 Å². The number of hydrogen-bond donors (Lipinski definition) is 2. The van der Waals surface area contributed by atoms with Crippen molar-refractivity contribution in [2.75, 3.05) is 5.73 Å². The molecule has 0 heterocycles. The monoisotopic (exact) mass is 203 g/mol. The molecule has 0 amide bonds. The van der Waals surface area contributed by atoms with E-state index in [2.05, 4.69) is 0 Å². The largest absolute Gasteiger partial charge is 0.508 e. The van der Waals surface area contributed by atoms with Crippen molar-refractivity contribution in [2.24, 2.45) is 0 Å². The zero-order valence-electron chi connectivity index (χ0n) is 7.94. The summed E-state index contributed by atoms with van der Waals surface area (Å²) in [5.41, 5.74) is 7.27. The Kier molecular flexibility index (Phi) is 2.29. The van der Waals surface area contributed by atoms with Gasteiger partial charge in [0.2, 0.25) is 0 Å². The van der Waals surface area contributed by atoms with Crippen LogP contribution in [0.5, 0.6) is 5.75 Å². The fraction of sp³-hybridized carbons (Fsp3) is 0. The first-order valence-corrected chi connectivity index (χ1v) is 4.52. The molecule has 2 rings (SSSR count). The van der Waals surface area contributed by atoms with Gasteiger partial charge in [-0.1, -0.05) is 18.2 Å². The average Bonchev–Trinajstić information content (AvgIpc) is 2.20. The van der Waals surface area contributed by atoms with Crippen LogP contribution in [0.25, 0.3) is 11.1 Å². The summed E-state index contributed by atoms with van der Waals surface area (Å²) in [7, 11) is 0. The second-order valence-electron chi connectivity index (χ2n) is 3.25. The normalized spacial score (nSPS) is 10.2. The van der Waals surface area contributed by atoms with Crippen molar-refractivity contribution in [3.8, 4) is 16.9 Å². The lowest BCUT2D eigenvalue weighted by atomic mass is 10.0. The molecule has 0 aromatic heterocycles. The molecule has 76 valence electrons. The maximum Gasteiger partial charge on any atom is 0.134 e. The number of phenolic OH excluding ortho intramolecular Hbond substituents is 1. The van der Waals surface area contributed by atoms with Gasteiger partial charge in [0, 0.05) is 22.9 Å². The Balaban J connectivity index is 2.60. The number of phenols is 1. The maximum atomic E-state index is 13.5. The van der Waals surface area contributed by atoms with Crippen molar-refractivity contribution >= 4 is 5.69 Å². The summed E-state index contributed by atoms with van der Waals surface area (Å²) in [6.45, 7) is 0. The van der Waals surface area contributed by atoms with Crippen molar-refractivity contribution in [1.29, 1.82) is 0 Å². The van der Waals surface area contributed by atoms with E-state index >= 15 is 0 Å². The van der Waals surface area contributed by atoms with Gasteiger partial charge in [-0.3, -0.25) is 0 Å². The highest BCUT2D eigenvalue weighted by Gasteiger charge is 2.07. The Morgan fingerprint density at radius 2 is 1.73 bits per heavy atom. The van der Waals surface area contributed by atoms with Crippen LogP contribution in [-0.2, 0) is 0 Å². The first kappa shape index (κ1) is 9.52. The fourth-order valence-electron chi connectivity index (χ4n) is 1.46. The number of nitrogen functional groups attached to an aromatic ring is 1. The molecule has 0 saturated heterocycles. The minimum atomic E-state index is -0.479. The summed E-state index contributed by atoms with van der Waals surface area (Å²) in [6, 6.07) is 11.0. The molecular weight excluding hydrogens is 193 g/mol. The first-order valence-electron chi connectivity index (χ1n) is 4.52. The molecule has 0 bridgehead atoms. The number of benzene rings is 2. The van der Waals surface area contributed by atoms with Crippen molar-refractivity contribution in [2.45, 2.75) is 0 Å². The van der Waals surface area contributed by atoms with Crippen LogP contribution in [0, 0.1) is 5.82 Å². The summed E-state index contributed by atoms with van der Waals surface area (Å²) in [5, 5.41) is 9.08. The third-order valence-electron chi connectivity index (χ3n) is 2.20. The second kappa shape index (κ2) is 3.61. The average molecular weight is 203 g/mol.